The summed E-state index contributed by atoms with van der Waals surface area (Å²) in [7, 11) is 0. The minimum atomic E-state index is -0.171. The van der Waals surface area contributed by atoms with Crippen molar-refractivity contribution in [3.63, 3.8) is 0 Å². The van der Waals surface area contributed by atoms with Crippen LogP contribution in [-0.2, 0) is 17.8 Å². The summed E-state index contributed by atoms with van der Waals surface area (Å²) in [6, 6.07) is 21.4. The SMILES string of the molecule is CCCCc1ccc(N=C2NC(=O)/C(=C/c3ccc(OCc4ccccc4Cl)c(OCC)c3)S2)cc1. The molecule has 7 heteroatoms. The number of carbonyl (C=O) groups excluding carboxylic acids is 1. The third-order valence-electron chi connectivity index (χ3n) is 5.54. The van der Waals surface area contributed by atoms with E-state index in [1.165, 1.54) is 30.2 Å². The van der Waals surface area contributed by atoms with Crippen LogP contribution in [0.4, 0.5) is 5.69 Å². The second-order valence-corrected chi connectivity index (χ2v) is 9.71. The lowest BCUT2D eigenvalue weighted by molar-refractivity contribution is -0.115. The number of ether oxygens (including phenoxy) is 2. The third kappa shape index (κ3) is 6.93. The van der Waals surface area contributed by atoms with E-state index in [0.717, 1.165) is 23.2 Å². The highest BCUT2D eigenvalue weighted by Crippen LogP contribution is 2.33. The molecular formula is C29H29ClN2O3S. The summed E-state index contributed by atoms with van der Waals surface area (Å²) in [5.74, 6) is 1.06. The molecule has 0 aromatic heterocycles. The van der Waals surface area contributed by atoms with Crippen LogP contribution in [0.1, 0.15) is 43.4 Å². The first-order valence-electron chi connectivity index (χ1n) is 12.1. The highest BCUT2D eigenvalue weighted by atomic mass is 35.5. The highest BCUT2D eigenvalue weighted by molar-refractivity contribution is 8.18. The summed E-state index contributed by atoms with van der Waals surface area (Å²) in [4.78, 5) is 17.7. The van der Waals surface area contributed by atoms with Crippen LogP contribution in [0.5, 0.6) is 11.5 Å². The zero-order valence-corrected chi connectivity index (χ0v) is 22.0. The zero-order chi connectivity index (χ0) is 25.3. The van der Waals surface area contributed by atoms with Gasteiger partial charge in [-0.1, -0.05) is 61.3 Å². The molecule has 3 aromatic rings. The van der Waals surface area contributed by atoms with Crippen LogP contribution in [-0.4, -0.2) is 17.7 Å². The van der Waals surface area contributed by atoms with E-state index in [1.54, 1.807) is 0 Å². The van der Waals surface area contributed by atoms with Crippen LogP contribution in [0.3, 0.4) is 0 Å². The summed E-state index contributed by atoms with van der Waals surface area (Å²) >= 11 is 7.57. The molecule has 0 unspecified atom stereocenters. The minimum absolute atomic E-state index is 0.171. The molecule has 1 aliphatic rings. The summed E-state index contributed by atoms with van der Waals surface area (Å²) in [5, 5.41) is 4.08. The maximum atomic E-state index is 12.6. The maximum absolute atomic E-state index is 12.6. The van der Waals surface area contributed by atoms with Gasteiger partial charge >= 0.3 is 0 Å². The Morgan fingerprint density at radius 1 is 1.00 bits per heavy atom. The normalized spacial score (nSPS) is 15.4. The van der Waals surface area contributed by atoms with Crippen molar-refractivity contribution < 1.29 is 14.3 Å². The van der Waals surface area contributed by atoms with Crippen molar-refractivity contribution in [1.82, 2.24) is 5.32 Å². The quantitative estimate of drug-likeness (QED) is 0.280. The fraction of sp³-hybridized carbons (Fsp3) is 0.241. The van der Waals surface area contributed by atoms with E-state index in [9.17, 15) is 4.79 Å². The number of hydrogen-bond acceptors (Lipinski definition) is 5. The second kappa shape index (κ2) is 12.7. The molecule has 0 bridgehead atoms. The number of aliphatic imine (C=N–C) groups is 1. The van der Waals surface area contributed by atoms with Crippen LogP contribution in [0.15, 0.2) is 76.6 Å². The monoisotopic (exact) mass is 520 g/mol. The van der Waals surface area contributed by atoms with Crippen molar-refractivity contribution >= 4 is 46.2 Å². The van der Waals surface area contributed by atoms with Crippen molar-refractivity contribution in [3.05, 3.63) is 93.3 Å². The molecule has 1 saturated heterocycles. The number of halogens is 1. The molecule has 0 aliphatic carbocycles. The first-order chi connectivity index (χ1) is 17.6. The smallest absolute Gasteiger partial charge is 0.264 e. The Morgan fingerprint density at radius 2 is 1.81 bits per heavy atom. The van der Waals surface area contributed by atoms with Gasteiger partial charge in [-0.15, -0.1) is 0 Å². The number of thioether (sulfide) groups is 1. The molecule has 0 atom stereocenters. The minimum Gasteiger partial charge on any atom is -0.490 e. The van der Waals surface area contributed by atoms with Crippen molar-refractivity contribution in [1.29, 1.82) is 0 Å². The molecule has 1 heterocycles. The van der Waals surface area contributed by atoms with Crippen molar-refractivity contribution in [2.45, 2.75) is 39.7 Å². The molecule has 4 rings (SSSR count). The molecule has 36 heavy (non-hydrogen) atoms. The van der Waals surface area contributed by atoms with Gasteiger partial charge in [0.15, 0.2) is 16.7 Å². The summed E-state index contributed by atoms with van der Waals surface area (Å²) in [6.45, 7) is 4.93. The van der Waals surface area contributed by atoms with E-state index in [4.69, 9.17) is 21.1 Å². The fourth-order valence-electron chi connectivity index (χ4n) is 3.64. The Morgan fingerprint density at radius 3 is 2.56 bits per heavy atom. The number of amidine groups is 1. The van der Waals surface area contributed by atoms with Crippen molar-refractivity contribution in [2.24, 2.45) is 4.99 Å². The van der Waals surface area contributed by atoms with E-state index in [0.29, 0.717) is 39.8 Å². The highest BCUT2D eigenvalue weighted by Gasteiger charge is 2.24. The van der Waals surface area contributed by atoms with E-state index in [1.807, 2.05) is 67.6 Å². The van der Waals surface area contributed by atoms with Gasteiger partial charge in [0.25, 0.3) is 5.91 Å². The Labute approximate surface area is 221 Å². The molecule has 1 fully saturated rings. The van der Waals surface area contributed by atoms with E-state index >= 15 is 0 Å². The van der Waals surface area contributed by atoms with Crippen LogP contribution in [0, 0.1) is 0 Å². The number of benzene rings is 3. The number of carbonyl (C=O) groups is 1. The number of unbranched alkanes of at least 4 members (excludes halogenated alkanes) is 1. The number of aryl methyl sites for hydroxylation is 1. The Bertz CT molecular complexity index is 1270. The van der Waals surface area contributed by atoms with Gasteiger partial charge in [-0.3, -0.25) is 4.79 Å². The predicted octanol–water partition coefficient (Wildman–Crippen LogP) is 7.55. The Hall–Kier alpha value is -3.22. The van der Waals surface area contributed by atoms with Crippen molar-refractivity contribution in [3.8, 4) is 11.5 Å². The van der Waals surface area contributed by atoms with E-state index in [-0.39, 0.29) is 5.91 Å². The predicted molar refractivity (Wildman–Crippen MR) is 149 cm³/mol. The zero-order valence-electron chi connectivity index (χ0n) is 20.4. The standard InChI is InChI=1S/C29H29ClN2O3S/c1-3-5-8-20-11-14-23(15-12-20)31-29-32-28(33)27(36-29)18-21-13-16-25(26(17-21)34-4-2)35-19-22-9-6-7-10-24(22)30/h6-7,9-18H,3-5,8,19H2,1-2H3,(H,31,32,33)/b27-18-. The van der Waals surface area contributed by atoms with Crippen molar-refractivity contribution in [2.75, 3.05) is 6.61 Å². The van der Waals surface area contributed by atoms with Gasteiger partial charge in [-0.2, -0.15) is 0 Å². The van der Waals surface area contributed by atoms with Gasteiger partial charge in [0.1, 0.15) is 6.61 Å². The van der Waals surface area contributed by atoms with Gasteiger partial charge in [0, 0.05) is 10.6 Å². The first-order valence-corrected chi connectivity index (χ1v) is 13.3. The van der Waals surface area contributed by atoms with E-state index in [2.05, 4.69) is 29.4 Å². The molecule has 0 saturated carbocycles. The van der Waals surface area contributed by atoms with Crippen LogP contribution in [0.25, 0.3) is 6.08 Å². The fourth-order valence-corrected chi connectivity index (χ4v) is 4.67. The number of hydrogen-bond donors (Lipinski definition) is 1. The Balaban J connectivity index is 1.46. The molecule has 0 spiro atoms. The van der Waals surface area contributed by atoms with E-state index < -0.39 is 0 Å². The summed E-state index contributed by atoms with van der Waals surface area (Å²) in [5.41, 5.74) is 3.85. The van der Waals surface area contributed by atoms with Gasteiger partial charge in [0.2, 0.25) is 0 Å². The van der Waals surface area contributed by atoms with Gasteiger partial charge in [-0.25, -0.2) is 4.99 Å². The molecule has 1 aliphatic heterocycles. The van der Waals surface area contributed by atoms with Crippen LogP contribution < -0.4 is 14.8 Å². The van der Waals surface area contributed by atoms with Crippen LogP contribution >= 0.6 is 23.4 Å². The number of amides is 1. The molecule has 5 nitrogen and oxygen atoms in total. The lowest BCUT2D eigenvalue weighted by Gasteiger charge is -2.13. The molecule has 3 aromatic carbocycles. The number of nitrogens with zero attached hydrogens (tertiary/aromatic N) is 1. The molecule has 1 amide bonds. The lowest BCUT2D eigenvalue weighted by Crippen LogP contribution is -2.19. The number of rotatable bonds is 10. The average molecular weight is 521 g/mol. The largest absolute Gasteiger partial charge is 0.490 e. The van der Waals surface area contributed by atoms with Gasteiger partial charge < -0.3 is 14.8 Å². The maximum Gasteiger partial charge on any atom is 0.264 e. The average Bonchev–Trinajstić information content (AvgIpc) is 3.22. The topological polar surface area (TPSA) is 59.9 Å². The first kappa shape index (κ1) is 25.9. The van der Waals surface area contributed by atoms with Gasteiger partial charge in [0.05, 0.1) is 17.2 Å². The molecular weight excluding hydrogens is 492 g/mol. The van der Waals surface area contributed by atoms with Gasteiger partial charge in [-0.05, 0) is 79.1 Å². The lowest BCUT2D eigenvalue weighted by atomic mass is 10.1. The number of nitrogens with one attached hydrogen (secondary N) is 1. The Kier molecular flexibility index (Phi) is 9.09. The molecule has 186 valence electrons. The third-order valence-corrected chi connectivity index (χ3v) is 6.82. The second-order valence-electron chi connectivity index (χ2n) is 8.27. The van der Waals surface area contributed by atoms with Crippen LogP contribution in [0.2, 0.25) is 5.02 Å². The summed E-state index contributed by atoms with van der Waals surface area (Å²) < 4.78 is 11.8. The molecule has 1 N–H and O–H groups in total. The summed E-state index contributed by atoms with van der Waals surface area (Å²) in [6.07, 6.45) is 5.25. The molecule has 0 radical (unpaired) electrons.